The molecule has 2 aromatic carbocycles. The van der Waals surface area contributed by atoms with E-state index in [1.54, 1.807) is 30.2 Å². The highest BCUT2D eigenvalue weighted by atomic mass is 35.5. The van der Waals surface area contributed by atoms with E-state index in [-0.39, 0.29) is 18.2 Å². The molecule has 7 heteroatoms. The first-order valence-electron chi connectivity index (χ1n) is 9.52. The Kier molecular flexibility index (Phi) is 5.45. The van der Waals surface area contributed by atoms with Gasteiger partial charge in [0.15, 0.2) is 0 Å². The highest BCUT2D eigenvalue weighted by Gasteiger charge is 2.36. The van der Waals surface area contributed by atoms with Crippen molar-refractivity contribution in [1.82, 2.24) is 9.88 Å². The van der Waals surface area contributed by atoms with Gasteiger partial charge in [-0.3, -0.25) is 9.59 Å². The molecule has 1 unspecified atom stereocenters. The van der Waals surface area contributed by atoms with Crippen LogP contribution in [-0.4, -0.2) is 36.6 Å². The van der Waals surface area contributed by atoms with Gasteiger partial charge in [0.25, 0.3) is 0 Å². The maximum absolute atomic E-state index is 12.6. The summed E-state index contributed by atoms with van der Waals surface area (Å²) in [7, 11) is 1.54. The van der Waals surface area contributed by atoms with Crippen LogP contribution in [0.25, 0.3) is 10.9 Å². The van der Waals surface area contributed by atoms with Gasteiger partial charge in [-0.15, -0.1) is 0 Å². The normalized spacial score (nSPS) is 16.4. The first-order chi connectivity index (χ1) is 14.1. The van der Waals surface area contributed by atoms with E-state index in [4.69, 9.17) is 16.3 Å². The minimum absolute atomic E-state index is 0.109. The number of rotatable bonds is 6. The minimum atomic E-state index is -0.396. The average molecular weight is 412 g/mol. The fraction of sp³-hybridized carbons (Fsp3) is 0.273. The largest absolute Gasteiger partial charge is 0.495 e. The minimum Gasteiger partial charge on any atom is -0.495 e. The molecule has 2 amide bonds. The molecule has 4 rings (SSSR count). The van der Waals surface area contributed by atoms with Crippen LogP contribution in [0.5, 0.6) is 5.75 Å². The van der Waals surface area contributed by atoms with E-state index < -0.39 is 5.92 Å². The van der Waals surface area contributed by atoms with Crippen LogP contribution in [-0.2, 0) is 16.1 Å². The number of benzene rings is 2. The Balaban J connectivity index is 1.38. The molecule has 3 aromatic rings. The van der Waals surface area contributed by atoms with Crippen molar-refractivity contribution in [2.24, 2.45) is 5.92 Å². The van der Waals surface area contributed by atoms with Crippen molar-refractivity contribution < 1.29 is 14.3 Å². The van der Waals surface area contributed by atoms with Crippen LogP contribution in [0.4, 0.5) is 5.69 Å². The Morgan fingerprint density at radius 3 is 2.90 bits per heavy atom. The molecule has 0 aliphatic carbocycles. The Bertz CT molecular complexity index is 1060. The number of nitrogens with one attached hydrogen (secondary N) is 1. The van der Waals surface area contributed by atoms with Crippen molar-refractivity contribution >= 4 is 40.0 Å². The summed E-state index contributed by atoms with van der Waals surface area (Å²) in [5.74, 6) is -0.0590. The van der Waals surface area contributed by atoms with E-state index in [9.17, 15) is 9.59 Å². The smallest absolute Gasteiger partial charge is 0.227 e. The number of carbonyl (C=O) groups is 2. The van der Waals surface area contributed by atoms with Crippen molar-refractivity contribution in [2.45, 2.75) is 13.0 Å². The quantitative estimate of drug-likeness (QED) is 0.675. The third-order valence-electron chi connectivity index (χ3n) is 5.26. The molecular weight excluding hydrogens is 390 g/mol. The third kappa shape index (κ3) is 3.93. The molecule has 1 saturated heterocycles. The van der Waals surface area contributed by atoms with Gasteiger partial charge >= 0.3 is 0 Å². The molecule has 0 spiro atoms. The Morgan fingerprint density at radius 2 is 2.07 bits per heavy atom. The number of carbonyl (C=O) groups excluding carboxylic acids is 2. The monoisotopic (exact) mass is 411 g/mol. The maximum Gasteiger partial charge on any atom is 0.227 e. The van der Waals surface area contributed by atoms with E-state index in [0.29, 0.717) is 36.1 Å². The number of fused-ring (bicyclic) bond motifs is 1. The van der Waals surface area contributed by atoms with Gasteiger partial charge in [0, 0.05) is 42.8 Å². The summed E-state index contributed by atoms with van der Waals surface area (Å²) in [4.78, 5) is 26.7. The Labute approximate surface area is 174 Å². The second-order valence-electron chi connectivity index (χ2n) is 7.08. The van der Waals surface area contributed by atoms with Crippen LogP contribution in [0, 0.1) is 5.92 Å². The number of methoxy groups -OCH3 is 1. The molecule has 150 valence electrons. The van der Waals surface area contributed by atoms with E-state index >= 15 is 0 Å². The lowest BCUT2D eigenvalue weighted by molar-refractivity contribution is -0.126. The lowest BCUT2D eigenvalue weighted by atomic mass is 10.1. The molecule has 0 bridgehead atoms. The topological polar surface area (TPSA) is 63.6 Å². The lowest BCUT2D eigenvalue weighted by Gasteiger charge is -2.20. The molecule has 0 radical (unpaired) electrons. The van der Waals surface area contributed by atoms with Gasteiger partial charge in [-0.05, 0) is 35.7 Å². The molecular formula is C22H22ClN3O3. The third-order valence-corrected chi connectivity index (χ3v) is 5.49. The van der Waals surface area contributed by atoms with Crippen LogP contribution >= 0.6 is 11.6 Å². The summed E-state index contributed by atoms with van der Waals surface area (Å²) < 4.78 is 7.45. The average Bonchev–Trinajstić information content (AvgIpc) is 3.31. The predicted octanol–water partition coefficient (Wildman–Crippen LogP) is 3.47. The number of nitrogens with zero attached hydrogens (tertiary/aromatic N) is 2. The number of para-hydroxylation sites is 1. The molecule has 1 aromatic heterocycles. The van der Waals surface area contributed by atoms with Gasteiger partial charge in [-0.1, -0.05) is 29.8 Å². The number of aromatic nitrogens is 1. The van der Waals surface area contributed by atoms with Crippen LogP contribution in [0.1, 0.15) is 6.42 Å². The number of ether oxygens (including phenoxy) is 1. The van der Waals surface area contributed by atoms with Gasteiger partial charge in [0.1, 0.15) is 5.75 Å². The van der Waals surface area contributed by atoms with Crippen molar-refractivity contribution in [3.05, 3.63) is 59.8 Å². The fourth-order valence-electron chi connectivity index (χ4n) is 3.77. The van der Waals surface area contributed by atoms with E-state index in [0.717, 1.165) is 5.52 Å². The second kappa shape index (κ2) is 8.17. The zero-order chi connectivity index (χ0) is 20.4. The van der Waals surface area contributed by atoms with Gasteiger partial charge in [-0.25, -0.2) is 0 Å². The molecule has 1 fully saturated rings. The van der Waals surface area contributed by atoms with Crippen molar-refractivity contribution in [1.29, 1.82) is 0 Å². The summed E-state index contributed by atoms with van der Waals surface area (Å²) in [5.41, 5.74) is 1.73. The molecule has 29 heavy (non-hydrogen) atoms. The maximum atomic E-state index is 12.6. The van der Waals surface area contributed by atoms with E-state index in [1.165, 1.54) is 5.39 Å². The summed E-state index contributed by atoms with van der Waals surface area (Å²) in [6.45, 7) is 1.49. The molecule has 6 nitrogen and oxygen atoms in total. The molecule has 2 heterocycles. The molecule has 1 atom stereocenters. The van der Waals surface area contributed by atoms with E-state index in [1.807, 2.05) is 18.3 Å². The van der Waals surface area contributed by atoms with Crippen LogP contribution < -0.4 is 15.0 Å². The first-order valence-corrected chi connectivity index (χ1v) is 9.90. The van der Waals surface area contributed by atoms with Gasteiger partial charge in [0.05, 0.1) is 18.7 Å². The number of anilines is 1. The SMILES string of the molecule is COc1ccc(Cl)cc1N1CC(C(=O)NCCn2ccc3ccccc32)CC1=O. The van der Waals surface area contributed by atoms with Gasteiger partial charge in [0.2, 0.25) is 11.8 Å². The second-order valence-corrected chi connectivity index (χ2v) is 7.52. The van der Waals surface area contributed by atoms with Crippen molar-refractivity contribution in [3.63, 3.8) is 0 Å². The summed E-state index contributed by atoms with van der Waals surface area (Å²) in [5, 5.41) is 4.65. The number of hydrogen-bond acceptors (Lipinski definition) is 3. The molecule has 1 aliphatic heterocycles. The molecule has 1 N–H and O–H groups in total. The highest BCUT2D eigenvalue weighted by molar-refractivity contribution is 6.31. The zero-order valence-corrected chi connectivity index (χ0v) is 16.9. The van der Waals surface area contributed by atoms with Crippen LogP contribution in [0.3, 0.4) is 0 Å². The van der Waals surface area contributed by atoms with Crippen molar-refractivity contribution in [2.75, 3.05) is 25.1 Å². The molecule has 0 saturated carbocycles. The number of halogens is 1. The summed E-state index contributed by atoms with van der Waals surface area (Å²) >= 11 is 6.08. The van der Waals surface area contributed by atoms with Crippen LogP contribution in [0.2, 0.25) is 5.02 Å². The standard InChI is InChI=1S/C22H22ClN3O3/c1-29-20-7-6-17(23)13-19(20)26-14-16(12-21(26)27)22(28)24-9-11-25-10-8-15-4-2-3-5-18(15)25/h2-8,10,13,16H,9,11-12,14H2,1H3,(H,24,28). The predicted molar refractivity (Wildman–Crippen MR) is 113 cm³/mol. The van der Waals surface area contributed by atoms with Crippen molar-refractivity contribution in [3.8, 4) is 5.75 Å². The molecule has 1 aliphatic rings. The highest BCUT2D eigenvalue weighted by Crippen LogP contribution is 2.35. The fourth-order valence-corrected chi connectivity index (χ4v) is 3.94. The number of amides is 2. The van der Waals surface area contributed by atoms with Gasteiger partial charge < -0.3 is 19.5 Å². The lowest BCUT2D eigenvalue weighted by Crippen LogP contribution is -2.34. The summed E-state index contributed by atoms with van der Waals surface area (Å²) in [6, 6.07) is 15.3. The number of hydrogen-bond donors (Lipinski definition) is 1. The van der Waals surface area contributed by atoms with Crippen LogP contribution in [0.15, 0.2) is 54.7 Å². The van der Waals surface area contributed by atoms with Gasteiger partial charge in [-0.2, -0.15) is 0 Å². The van der Waals surface area contributed by atoms with E-state index in [2.05, 4.69) is 28.1 Å². The first kappa shape index (κ1) is 19.3. The Hall–Kier alpha value is -2.99. The Morgan fingerprint density at radius 1 is 1.24 bits per heavy atom. The zero-order valence-electron chi connectivity index (χ0n) is 16.1. The summed E-state index contributed by atoms with van der Waals surface area (Å²) in [6.07, 6.45) is 2.19.